The van der Waals surface area contributed by atoms with E-state index in [1.807, 2.05) is 25.1 Å². The van der Waals surface area contributed by atoms with Crippen molar-refractivity contribution in [3.05, 3.63) is 47.7 Å². The molecule has 92 valence electrons. The molecular formula is C14H16N4. The predicted molar refractivity (Wildman–Crippen MR) is 70.3 cm³/mol. The molecule has 1 N–H and O–H groups in total. The first-order chi connectivity index (χ1) is 8.81. The minimum Gasteiger partial charge on any atom is -0.366 e. The van der Waals surface area contributed by atoms with Gasteiger partial charge in [0.2, 0.25) is 0 Å². The van der Waals surface area contributed by atoms with Crippen LogP contribution in [0.3, 0.4) is 0 Å². The fraction of sp³-hybridized carbons (Fsp3) is 0.357. The first-order valence-electron chi connectivity index (χ1n) is 6.29. The molecule has 1 fully saturated rings. The maximum atomic E-state index is 4.57. The van der Waals surface area contributed by atoms with Crippen LogP contribution in [0.5, 0.6) is 0 Å². The summed E-state index contributed by atoms with van der Waals surface area (Å²) in [5.41, 5.74) is 2.23. The third-order valence-electron chi connectivity index (χ3n) is 3.04. The Hall–Kier alpha value is -1.97. The maximum absolute atomic E-state index is 4.57. The van der Waals surface area contributed by atoms with Crippen molar-refractivity contribution in [2.24, 2.45) is 0 Å². The quantitative estimate of drug-likeness (QED) is 0.892. The molecule has 2 aromatic heterocycles. The lowest BCUT2D eigenvalue weighted by Gasteiger charge is -2.08. The summed E-state index contributed by atoms with van der Waals surface area (Å²) in [5, 5.41) is 3.35. The van der Waals surface area contributed by atoms with Crippen LogP contribution in [0.1, 0.15) is 35.8 Å². The Morgan fingerprint density at radius 3 is 2.72 bits per heavy atom. The number of hydrogen-bond acceptors (Lipinski definition) is 4. The van der Waals surface area contributed by atoms with Crippen molar-refractivity contribution in [3.8, 4) is 0 Å². The van der Waals surface area contributed by atoms with Gasteiger partial charge in [0.15, 0.2) is 0 Å². The molecule has 0 aromatic carbocycles. The molecule has 0 bridgehead atoms. The van der Waals surface area contributed by atoms with Gasteiger partial charge in [-0.3, -0.25) is 4.98 Å². The van der Waals surface area contributed by atoms with E-state index >= 15 is 0 Å². The van der Waals surface area contributed by atoms with E-state index in [0.29, 0.717) is 5.92 Å². The zero-order valence-corrected chi connectivity index (χ0v) is 10.4. The Morgan fingerprint density at radius 2 is 2.00 bits per heavy atom. The third kappa shape index (κ3) is 2.64. The van der Waals surface area contributed by atoms with Crippen molar-refractivity contribution in [2.75, 3.05) is 5.32 Å². The molecule has 0 saturated heterocycles. The van der Waals surface area contributed by atoms with Gasteiger partial charge >= 0.3 is 0 Å². The number of aromatic nitrogens is 3. The number of rotatable bonds is 4. The normalized spacial score (nSPS) is 14.5. The lowest BCUT2D eigenvalue weighted by molar-refractivity contribution is 0.901. The molecule has 4 nitrogen and oxygen atoms in total. The fourth-order valence-corrected chi connectivity index (χ4v) is 1.90. The lowest BCUT2D eigenvalue weighted by atomic mass is 10.2. The van der Waals surface area contributed by atoms with Gasteiger partial charge in [0.05, 0.1) is 0 Å². The van der Waals surface area contributed by atoms with Crippen LogP contribution in [0.2, 0.25) is 0 Å². The molecule has 1 aliphatic carbocycles. The molecule has 1 saturated carbocycles. The molecule has 0 amide bonds. The second-order valence-corrected chi connectivity index (χ2v) is 4.74. The molecule has 0 radical (unpaired) electrons. The molecule has 0 spiro atoms. The van der Waals surface area contributed by atoms with Crippen LogP contribution in [0, 0.1) is 6.92 Å². The molecule has 1 aliphatic rings. The smallest absolute Gasteiger partial charge is 0.134 e. The van der Waals surface area contributed by atoms with Gasteiger partial charge < -0.3 is 5.32 Å². The van der Waals surface area contributed by atoms with E-state index in [9.17, 15) is 0 Å². The molecule has 0 unspecified atom stereocenters. The summed E-state index contributed by atoms with van der Waals surface area (Å²) >= 11 is 0. The van der Waals surface area contributed by atoms with Crippen molar-refractivity contribution in [2.45, 2.75) is 32.2 Å². The van der Waals surface area contributed by atoms with Crippen molar-refractivity contribution in [1.82, 2.24) is 15.0 Å². The van der Waals surface area contributed by atoms with Crippen molar-refractivity contribution in [1.29, 1.82) is 0 Å². The van der Waals surface area contributed by atoms with E-state index in [0.717, 1.165) is 23.9 Å². The second kappa shape index (κ2) is 4.72. The zero-order chi connectivity index (χ0) is 12.4. The van der Waals surface area contributed by atoms with Crippen LogP contribution in [0.25, 0.3) is 0 Å². The topological polar surface area (TPSA) is 50.7 Å². The maximum Gasteiger partial charge on any atom is 0.134 e. The monoisotopic (exact) mass is 240 g/mol. The minimum atomic E-state index is 0.589. The standard InChI is InChI=1S/C14H16N4/c1-10-8-13(18-14(17-10)12-2-3-12)16-9-11-4-6-15-7-5-11/h4-8,12H,2-3,9H2,1H3,(H,16,17,18). The summed E-state index contributed by atoms with van der Waals surface area (Å²) in [6.07, 6.45) is 6.07. The average molecular weight is 240 g/mol. The molecule has 2 heterocycles. The highest BCUT2D eigenvalue weighted by Gasteiger charge is 2.26. The van der Waals surface area contributed by atoms with Crippen molar-refractivity contribution < 1.29 is 0 Å². The highest BCUT2D eigenvalue weighted by atomic mass is 15.0. The van der Waals surface area contributed by atoms with E-state index in [1.165, 1.54) is 18.4 Å². The van der Waals surface area contributed by atoms with Gasteiger partial charge in [-0.15, -0.1) is 0 Å². The highest BCUT2D eigenvalue weighted by Crippen LogP contribution is 2.38. The van der Waals surface area contributed by atoms with Crippen LogP contribution >= 0.6 is 0 Å². The predicted octanol–water partition coefficient (Wildman–Crippen LogP) is 2.67. The summed E-state index contributed by atoms with van der Waals surface area (Å²) in [4.78, 5) is 13.1. The van der Waals surface area contributed by atoms with Crippen LogP contribution in [0.15, 0.2) is 30.6 Å². The third-order valence-corrected chi connectivity index (χ3v) is 3.04. The Kier molecular flexibility index (Phi) is 2.92. The lowest BCUT2D eigenvalue weighted by Crippen LogP contribution is -2.05. The number of hydrogen-bond donors (Lipinski definition) is 1. The van der Waals surface area contributed by atoms with Gasteiger partial charge in [-0.1, -0.05) is 0 Å². The Morgan fingerprint density at radius 1 is 1.22 bits per heavy atom. The SMILES string of the molecule is Cc1cc(NCc2ccncc2)nc(C2CC2)n1. The number of nitrogens with zero attached hydrogens (tertiary/aromatic N) is 3. The minimum absolute atomic E-state index is 0.589. The molecule has 3 rings (SSSR count). The van der Waals surface area contributed by atoms with Crippen LogP contribution in [-0.2, 0) is 6.54 Å². The Labute approximate surface area is 107 Å². The summed E-state index contributed by atoms with van der Waals surface area (Å²) in [5.74, 6) is 2.50. The van der Waals surface area contributed by atoms with Gasteiger partial charge in [-0.05, 0) is 37.5 Å². The van der Waals surface area contributed by atoms with E-state index in [4.69, 9.17) is 0 Å². The summed E-state index contributed by atoms with van der Waals surface area (Å²) in [6, 6.07) is 6.00. The summed E-state index contributed by atoms with van der Waals surface area (Å²) in [6.45, 7) is 2.79. The van der Waals surface area contributed by atoms with Crippen LogP contribution in [0.4, 0.5) is 5.82 Å². The molecule has 4 heteroatoms. The fourth-order valence-electron chi connectivity index (χ4n) is 1.90. The van der Waals surface area contributed by atoms with E-state index in [1.54, 1.807) is 12.4 Å². The van der Waals surface area contributed by atoms with Crippen LogP contribution < -0.4 is 5.32 Å². The number of aryl methyl sites for hydroxylation is 1. The summed E-state index contributed by atoms with van der Waals surface area (Å²) < 4.78 is 0. The first kappa shape index (κ1) is 11.1. The Bertz CT molecular complexity index is 535. The van der Waals surface area contributed by atoms with Crippen LogP contribution in [-0.4, -0.2) is 15.0 Å². The van der Waals surface area contributed by atoms with Gasteiger partial charge in [0, 0.05) is 36.6 Å². The molecule has 2 aromatic rings. The largest absolute Gasteiger partial charge is 0.366 e. The van der Waals surface area contributed by atoms with Gasteiger partial charge in [0.25, 0.3) is 0 Å². The number of pyridine rings is 1. The van der Waals surface area contributed by atoms with Gasteiger partial charge in [-0.25, -0.2) is 9.97 Å². The number of nitrogens with one attached hydrogen (secondary N) is 1. The second-order valence-electron chi connectivity index (χ2n) is 4.74. The number of anilines is 1. The molecular weight excluding hydrogens is 224 g/mol. The van der Waals surface area contributed by atoms with E-state index in [2.05, 4.69) is 20.3 Å². The van der Waals surface area contributed by atoms with E-state index < -0.39 is 0 Å². The molecule has 18 heavy (non-hydrogen) atoms. The Balaban J connectivity index is 1.72. The first-order valence-corrected chi connectivity index (χ1v) is 6.29. The average Bonchev–Trinajstić information content (AvgIpc) is 3.21. The van der Waals surface area contributed by atoms with Crippen molar-refractivity contribution in [3.63, 3.8) is 0 Å². The zero-order valence-electron chi connectivity index (χ0n) is 10.4. The van der Waals surface area contributed by atoms with E-state index in [-0.39, 0.29) is 0 Å². The van der Waals surface area contributed by atoms with Crippen molar-refractivity contribution >= 4 is 5.82 Å². The van der Waals surface area contributed by atoms with Gasteiger partial charge in [-0.2, -0.15) is 0 Å². The highest BCUT2D eigenvalue weighted by molar-refractivity contribution is 5.37. The molecule has 0 aliphatic heterocycles. The van der Waals surface area contributed by atoms with Gasteiger partial charge in [0.1, 0.15) is 11.6 Å². The molecule has 0 atom stereocenters. The summed E-state index contributed by atoms with van der Waals surface area (Å²) in [7, 11) is 0.